The van der Waals surface area contributed by atoms with Crippen molar-refractivity contribution in [2.24, 2.45) is 4.99 Å². The molecule has 0 fully saturated rings. The standard InChI is InChI=1S/C13H18N2O2/c1-16-9-10-17-12-6-3-2-5-11(12)13-14-7-4-8-15-13/h2-3,5-6H,4,7-10H2,1H3,(H,14,15). The number of rotatable bonds is 5. The van der Waals surface area contributed by atoms with E-state index in [4.69, 9.17) is 9.47 Å². The minimum atomic E-state index is 0.556. The van der Waals surface area contributed by atoms with Gasteiger partial charge in [-0.1, -0.05) is 12.1 Å². The molecule has 1 aromatic carbocycles. The van der Waals surface area contributed by atoms with Gasteiger partial charge in [0.15, 0.2) is 0 Å². The number of nitrogens with one attached hydrogen (secondary N) is 1. The molecule has 0 unspecified atom stereocenters. The molecule has 17 heavy (non-hydrogen) atoms. The van der Waals surface area contributed by atoms with Crippen molar-refractivity contribution in [1.82, 2.24) is 5.32 Å². The molecule has 0 atom stereocenters. The molecule has 0 saturated heterocycles. The first-order chi connectivity index (χ1) is 8.42. The Morgan fingerprint density at radius 2 is 2.18 bits per heavy atom. The molecule has 4 nitrogen and oxygen atoms in total. The number of aliphatic imine (C=N–C) groups is 1. The number of hydrogen-bond acceptors (Lipinski definition) is 4. The van der Waals surface area contributed by atoms with Gasteiger partial charge in [0.1, 0.15) is 18.2 Å². The predicted octanol–water partition coefficient (Wildman–Crippen LogP) is 1.45. The fourth-order valence-electron chi connectivity index (χ4n) is 1.74. The fraction of sp³-hybridized carbons (Fsp3) is 0.462. The number of ether oxygens (including phenoxy) is 2. The van der Waals surface area contributed by atoms with E-state index in [1.807, 2.05) is 24.3 Å². The van der Waals surface area contributed by atoms with Gasteiger partial charge in [0, 0.05) is 20.2 Å². The number of amidine groups is 1. The Labute approximate surface area is 102 Å². The molecule has 1 aliphatic rings. The Hall–Kier alpha value is -1.55. The summed E-state index contributed by atoms with van der Waals surface area (Å²) >= 11 is 0. The van der Waals surface area contributed by atoms with E-state index in [0.29, 0.717) is 13.2 Å². The van der Waals surface area contributed by atoms with Crippen LogP contribution in [0, 0.1) is 0 Å². The highest BCUT2D eigenvalue weighted by Gasteiger charge is 2.11. The minimum Gasteiger partial charge on any atom is -0.490 e. The molecule has 1 N–H and O–H groups in total. The van der Waals surface area contributed by atoms with Crippen LogP contribution in [0.25, 0.3) is 0 Å². The molecule has 0 amide bonds. The normalized spacial score (nSPS) is 15.0. The molecular formula is C13H18N2O2. The minimum absolute atomic E-state index is 0.556. The molecule has 92 valence electrons. The van der Waals surface area contributed by atoms with Crippen LogP contribution in [-0.4, -0.2) is 39.2 Å². The van der Waals surface area contributed by atoms with Crippen molar-refractivity contribution in [3.8, 4) is 5.75 Å². The average molecular weight is 234 g/mol. The largest absolute Gasteiger partial charge is 0.490 e. The van der Waals surface area contributed by atoms with Gasteiger partial charge in [-0.2, -0.15) is 0 Å². The number of para-hydroxylation sites is 1. The number of benzene rings is 1. The lowest BCUT2D eigenvalue weighted by Gasteiger charge is -2.17. The van der Waals surface area contributed by atoms with Crippen LogP contribution in [0.3, 0.4) is 0 Å². The zero-order valence-corrected chi connectivity index (χ0v) is 10.1. The number of nitrogens with zero attached hydrogens (tertiary/aromatic N) is 1. The van der Waals surface area contributed by atoms with Crippen molar-refractivity contribution in [3.05, 3.63) is 29.8 Å². The number of hydrogen-bond donors (Lipinski definition) is 1. The first-order valence-electron chi connectivity index (χ1n) is 5.91. The maximum Gasteiger partial charge on any atom is 0.132 e. The smallest absolute Gasteiger partial charge is 0.132 e. The third kappa shape index (κ3) is 3.20. The van der Waals surface area contributed by atoms with E-state index in [0.717, 1.165) is 36.7 Å². The summed E-state index contributed by atoms with van der Waals surface area (Å²) < 4.78 is 10.7. The van der Waals surface area contributed by atoms with Crippen LogP contribution in [0.5, 0.6) is 5.75 Å². The van der Waals surface area contributed by atoms with Gasteiger partial charge >= 0.3 is 0 Å². The van der Waals surface area contributed by atoms with Gasteiger partial charge in [0.25, 0.3) is 0 Å². The Bertz CT molecular complexity index is 391. The summed E-state index contributed by atoms with van der Waals surface area (Å²) in [7, 11) is 1.67. The Balaban J connectivity index is 2.12. The van der Waals surface area contributed by atoms with Crippen molar-refractivity contribution < 1.29 is 9.47 Å². The van der Waals surface area contributed by atoms with Crippen LogP contribution >= 0.6 is 0 Å². The van der Waals surface area contributed by atoms with Gasteiger partial charge in [0.2, 0.25) is 0 Å². The van der Waals surface area contributed by atoms with E-state index in [1.165, 1.54) is 0 Å². The van der Waals surface area contributed by atoms with E-state index in [9.17, 15) is 0 Å². The summed E-state index contributed by atoms with van der Waals surface area (Å²) in [6.07, 6.45) is 1.09. The molecule has 0 saturated carbocycles. The number of methoxy groups -OCH3 is 1. The Morgan fingerprint density at radius 3 is 2.94 bits per heavy atom. The second kappa shape index (κ2) is 6.25. The fourth-order valence-corrected chi connectivity index (χ4v) is 1.74. The van der Waals surface area contributed by atoms with Gasteiger partial charge < -0.3 is 14.8 Å². The maximum atomic E-state index is 5.68. The van der Waals surface area contributed by atoms with Crippen molar-refractivity contribution in [2.75, 3.05) is 33.4 Å². The third-order valence-corrected chi connectivity index (χ3v) is 2.58. The SMILES string of the molecule is COCCOc1ccccc1C1=NCCCN1. The molecule has 1 aliphatic heterocycles. The molecule has 0 bridgehead atoms. The lowest BCUT2D eigenvalue weighted by molar-refractivity contribution is 0.146. The lowest BCUT2D eigenvalue weighted by Crippen LogP contribution is -2.30. The molecule has 0 aliphatic carbocycles. The van der Waals surface area contributed by atoms with Crippen molar-refractivity contribution in [2.45, 2.75) is 6.42 Å². The van der Waals surface area contributed by atoms with Gasteiger partial charge in [-0.3, -0.25) is 4.99 Å². The molecule has 0 spiro atoms. The molecule has 1 heterocycles. The summed E-state index contributed by atoms with van der Waals surface area (Å²) in [5.74, 6) is 1.79. The van der Waals surface area contributed by atoms with E-state index >= 15 is 0 Å². The first-order valence-corrected chi connectivity index (χ1v) is 5.91. The van der Waals surface area contributed by atoms with E-state index in [1.54, 1.807) is 7.11 Å². The molecular weight excluding hydrogens is 216 g/mol. The van der Waals surface area contributed by atoms with Gasteiger partial charge in [-0.15, -0.1) is 0 Å². The summed E-state index contributed by atoms with van der Waals surface area (Å²) in [5, 5.41) is 3.30. The highest BCUT2D eigenvalue weighted by molar-refractivity contribution is 6.01. The maximum absolute atomic E-state index is 5.68. The van der Waals surface area contributed by atoms with Gasteiger partial charge in [0.05, 0.1) is 12.2 Å². The average Bonchev–Trinajstić information content (AvgIpc) is 2.41. The van der Waals surface area contributed by atoms with Crippen LogP contribution in [0.4, 0.5) is 0 Å². The predicted molar refractivity (Wildman–Crippen MR) is 67.8 cm³/mol. The van der Waals surface area contributed by atoms with Gasteiger partial charge in [-0.05, 0) is 18.6 Å². The summed E-state index contributed by atoms with van der Waals surface area (Å²) in [6, 6.07) is 7.95. The third-order valence-electron chi connectivity index (χ3n) is 2.58. The van der Waals surface area contributed by atoms with Gasteiger partial charge in [-0.25, -0.2) is 0 Å². The summed E-state index contributed by atoms with van der Waals surface area (Å²) in [5.41, 5.74) is 1.03. The second-order valence-electron chi connectivity index (χ2n) is 3.85. The van der Waals surface area contributed by atoms with Crippen LogP contribution in [-0.2, 0) is 4.74 Å². The van der Waals surface area contributed by atoms with E-state index < -0.39 is 0 Å². The molecule has 1 aromatic rings. The second-order valence-corrected chi connectivity index (χ2v) is 3.85. The molecule has 0 radical (unpaired) electrons. The van der Waals surface area contributed by atoms with Crippen LogP contribution in [0.2, 0.25) is 0 Å². The van der Waals surface area contributed by atoms with Crippen molar-refractivity contribution >= 4 is 5.84 Å². The van der Waals surface area contributed by atoms with E-state index in [2.05, 4.69) is 10.3 Å². The summed E-state index contributed by atoms with van der Waals surface area (Å²) in [4.78, 5) is 4.48. The Morgan fingerprint density at radius 1 is 1.29 bits per heavy atom. The van der Waals surface area contributed by atoms with Crippen molar-refractivity contribution in [3.63, 3.8) is 0 Å². The highest BCUT2D eigenvalue weighted by atomic mass is 16.5. The topological polar surface area (TPSA) is 42.9 Å². The molecule has 0 aromatic heterocycles. The lowest BCUT2D eigenvalue weighted by atomic mass is 10.1. The van der Waals surface area contributed by atoms with Crippen LogP contribution in [0.1, 0.15) is 12.0 Å². The zero-order chi connectivity index (χ0) is 11.9. The zero-order valence-electron chi connectivity index (χ0n) is 10.1. The van der Waals surface area contributed by atoms with Crippen LogP contribution in [0.15, 0.2) is 29.3 Å². The molecule has 4 heteroatoms. The highest BCUT2D eigenvalue weighted by Crippen LogP contribution is 2.19. The first kappa shape index (κ1) is 11.9. The monoisotopic (exact) mass is 234 g/mol. The van der Waals surface area contributed by atoms with Crippen LogP contribution < -0.4 is 10.1 Å². The quantitative estimate of drug-likeness (QED) is 0.784. The van der Waals surface area contributed by atoms with Crippen molar-refractivity contribution in [1.29, 1.82) is 0 Å². The molecule has 2 rings (SSSR count). The van der Waals surface area contributed by atoms with E-state index in [-0.39, 0.29) is 0 Å². The summed E-state index contributed by atoms with van der Waals surface area (Å²) in [6.45, 7) is 3.01. The Kier molecular flexibility index (Phi) is 4.38.